The van der Waals surface area contributed by atoms with Crippen molar-refractivity contribution >= 4 is 23.1 Å². The molecule has 2 amide bonds. The summed E-state index contributed by atoms with van der Waals surface area (Å²) in [5, 5.41) is 3.02. The smallest absolute Gasteiger partial charge is 0.321 e. The summed E-state index contributed by atoms with van der Waals surface area (Å²) >= 11 is 0. The maximum absolute atomic E-state index is 12.6. The topological polar surface area (TPSA) is 38.8 Å². The third-order valence-electron chi connectivity index (χ3n) is 5.25. The molecule has 0 radical (unpaired) electrons. The van der Waals surface area contributed by atoms with Crippen molar-refractivity contribution in [2.45, 2.75) is 26.2 Å². The van der Waals surface area contributed by atoms with E-state index >= 15 is 0 Å². The van der Waals surface area contributed by atoms with Crippen LogP contribution in [-0.4, -0.2) is 51.2 Å². The van der Waals surface area contributed by atoms with Gasteiger partial charge in [0.25, 0.3) is 0 Å². The third-order valence-corrected chi connectivity index (χ3v) is 5.25. The highest BCUT2D eigenvalue weighted by Crippen LogP contribution is 2.32. The zero-order chi connectivity index (χ0) is 20.3. The maximum atomic E-state index is 12.6. The number of anilines is 3. The van der Waals surface area contributed by atoms with Crippen LogP contribution in [0.5, 0.6) is 0 Å². The van der Waals surface area contributed by atoms with Crippen LogP contribution in [0.4, 0.5) is 21.9 Å². The Kier molecular flexibility index (Phi) is 5.82. The first kappa shape index (κ1) is 20.1. The van der Waals surface area contributed by atoms with Crippen molar-refractivity contribution in [3.05, 3.63) is 54.1 Å². The number of hydrogen-bond donors (Lipinski definition) is 1. The average molecular weight is 381 g/mol. The van der Waals surface area contributed by atoms with Crippen LogP contribution >= 0.6 is 0 Å². The average Bonchev–Trinajstić information content (AvgIpc) is 2.68. The molecule has 5 heteroatoms. The van der Waals surface area contributed by atoms with Crippen LogP contribution in [-0.2, 0) is 5.41 Å². The highest BCUT2D eigenvalue weighted by molar-refractivity contribution is 5.89. The normalized spacial score (nSPS) is 14.8. The maximum Gasteiger partial charge on any atom is 0.321 e. The number of rotatable bonds is 3. The lowest BCUT2D eigenvalue weighted by molar-refractivity contribution is 0.208. The molecule has 5 nitrogen and oxygen atoms in total. The molecule has 3 rings (SSSR count). The second-order valence-corrected chi connectivity index (χ2v) is 8.61. The Morgan fingerprint density at radius 1 is 0.929 bits per heavy atom. The van der Waals surface area contributed by atoms with E-state index in [4.69, 9.17) is 0 Å². The lowest BCUT2D eigenvalue weighted by atomic mass is 9.85. The van der Waals surface area contributed by atoms with Gasteiger partial charge in [0, 0.05) is 57.3 Å². The number of urea groups is 1. The zero-order valence-corrected chi connectivity index (χ0v) is 17.7. The van der Waals surface area contributed by atoms with Gasteiger partial charge in [-0.3, -0.25) is 0 Å². The fraction of sp³-hybridized carbons (Fsp3) is 0.435. The minimum absolute atomic E-state index is 0.0265. The van der Waals surface area contributed by atoms with Gasteiger partial charge in [-0.25, -0.2) is 4.79 Å². The van der Waals surface area contributed by atoms with Crippen molar-refractivity contribution in [1.29, 1.82) is 0 Å². The first-order chi connectivity index (χ1) is 13.3. The summed E-state index contributed by atoms with van der Waals surface area (Å²) in [6.45, 7) is 9.88. The van der Waals surface area contributed by atoms with E-state index in [1.54, 1.807) is 0 Å². The van der Waals surface area contributed by atoms with Crippen molar-refractivity contribution in [1.82, 2.24) is 4.90 Å². The van der Waals surface area contributed by atoms with Crippen LogP contribution in [0.2, 0.25) is 0 Å². The SMILES string of the molecule is CN(C)c1ccc(NC(=O)N2CCN(c3ccccc3C(C)(C)C)CC2)cc1. The van der Waals surface area contributed by atoms with E-state index in [-0.39, 0.29) is 11.4 Å². The highest BCUT2D eigenvalue weighted by atomic mass is 16.2. The minimum Gasteiger partial charge on any atom is -0.378 e. The van der Waals surface area contributed by atoms with E-state index in [1.807, 2.05) is 48.2 Å². The van der Waals surface area contributed by atoms with E-state index in [1.165, 1.54) is 11.3 Å². The van der Waals surface area contributed by atoms with Gasteiger partial charge in [-0.15, -0.1) is 0 Å². The van der Waals surface area contributed by atoms with Gasteiger partial charge in [-0.2, -0.15) is 0 Å². The number of piperazine rings is 1. The quantitative estimate of drug-likeness (QED) is 0.858. The molecule has 0 aromatic heterocycles. The Hall–Kier alpha value is -2.69. The van der Waals surface area contributed by atoms with E-state index < -0.39 is 0 Å². The van der Waals surface area contributed by atoms with Crippen molar-refractivity contribution in [3.8, 4) is 0 Å². The number of nitrogens with zero attached hydrogens (tertiary/aromatic N) is 3. The molecular weight excluding hydrogens is 348 g/mol. The molecule has 150 valence electrons. The molecule has 0 atom stereocenters. The Balaban J connectivity index is 1.60. The van der Waals surface area contributed by atoms with Gasteiger partial charge in [-0.1, -0.05) is 39.0 Å². The second kappa shape index (κ2) is 8.13. The Labute approximate surface area is 168 Å². The number of para-hydroxylation sites is 1. The van der Waals surface area contributed by atoms with Crippen molar-refractivity contribution in [2.24, 2.45) is 0 Å². The number of benzene rings is 2. The van der Waals surface area contributed by atoms with Crippen molar-refractivity contribution in [2.75, 3.05) is 55.4 Å². The van der Waals surface area contributed by atoms with Crippen LogP contribution in [0.1, 0.15) is 26.3 Å². The van der Waals surface area contributed by atoms with Crippen molar-refractivity contribution < 1.29 is 4.79 Å². The van der Waals surface area contributed by atoms with Crippen LogP contribution in [0.25, 0.3) is 0 Å². The van der Waals surface area contributed by atoms with Gasteiger partial charge in [0.2, 0.25) is 0 Å². The fourth-order valence-electron chi connectivity index (χ4n) is 3.58. The lowest BCUT2D eigenvalue weighted by Gasteiger charge is -2.38. The van der Waals surface area contributed by atoms with Crippen LogP contribution in [0.3, 0.4) is 0 Å². The molecule has 1 aliphatic rings. The molecule has 1 saturated heterocycles. The molecule has 1 aliphatic heterocycles. The summed E-state index contributed by atoms with van der Waals surface area (Å²) < 4.78 is 0. The molecule has 1 fully saturated rings. The van der Waals surface area contributed by atoms with Crippen molar-refractivity contribution in [3.63, 3.8) is 0 Å². The van der Waals surface area contributed by atoms with Gasteiger partial charge in [0.05, 0.1) is 0 Å². The Morgan fingerprint density at radius 2 is 1.54 bits per heavy atom. The monoisotopic (exact) mass is 380 g/mol. The number of hydrogen-bond acceptors (Lipinski definition) is 3. The third kappa shape index (κ3) is 4.58. The summed E-state index contributed by atoms with van der Waals surface area (Å²) in [4.78, 5) is 19.0. The van der Waals surface area contributed by atoms with Gasteiger partial charge >= 0.3 is 6.03 Å². The number of amides is 2. The summed E-state index contributed by atoms with van der Waals surface area (Å²) in [5.41, 5.74) is 4.69. The summed E-state index contributed by atoms with van der Waals surface area (Å²) in [5.74, 6) is 0. The Morgan fingerprint density at radius 3 is 2.11 bits per heavy atom. The standard InChI is InChI=1S/C23H32N4O/c1-23(2,3)20-8-6-7-9-21(20)26-14-16-27(17-15-26)22(28)24-18-10-12-19(13-11-18)25(4)5/h6-13H,14-17H2,1-5H3,(H,24,28). The molecule has 0 aliphatic carbocycles. The molecule has 1 heterocycles. The Bertz CT molecular complexity index is 800. The van der Waals surface area contributed by atoms with E-state index in [0.29, 0.717) is 0 Å². The van der Waals surface area contributed by atoms with Crippen LogP contribution in [0, 0.1) is 0 Å². The summed E-state index contributed by atoms with van der Waals surface area (Å²) in [6, 6.07) is 16.5. The summed E-state index contributed by atoms with van der Waals surface area (Å²) in [6.07, 6.45) is 0. The molecule has 2 aromatic rings. The van der Waals surface area contributed by atoms with E-state index in [2.05, 4.69) is 55.3 Å². The molecule has 0 bridgehead atoms. The predicted octanol–water partition coefficient (Wildman–Crippen LogP) is 4.40. The predicted molar refractivity (Wildman–Crippen MR) is 119 cm³/mol. The first-order valence-electron chi connectivity index (χ1n) is 9.93. The van der Waals surface area contributed by atoms with Gasteiger partial charge in [-0.05, 0) is 41.3 Å². The largest absolute Gasteiger partial charge is 0.378 e. The summed E-state index contributed by atoms with van der Waals surface area (Å²) in [7, 11) is 4.01. The first-order valence-corrected chi connectivity index (χ1v) is 9.93. The lowest BCUT2D eigenvalue weighted by Crippen LogP contribution is -2.50. The van der Waals surface area contributed by atoms with E-state index in [9.17, 15) is 4.79 Å². The fourth-order valence-corrected chi connectivity index (χ4v) is 3.58. The second-order valence-electron chi connectivity index (χ2n) is 8.61. The number of carbonyl (C=O) groups excluding carboxylic acids is 1. The molecule has 2 aromatic carbocycles. The minimum atomic E-state index is -0.0265. The molecule has 28 heavy (non-hydrogen) atoms. The van der Waals surface area contributed by atoms with Gasteiger partial charge in [0.1, 0.15) is 0 Å². The highest BCUT2D eigenvalue weighted by Gasteiger charge is 2.25. The molecule has 0 unspecified atom stereocenters. The zero-order valence-electron chi connectivity index (χ0n) is 17.7. The number of carbonyl (C=O) groups is 1. The molecule has 0 spiro atoms. The number of nitrogens with one attached hydrogen (secondary N) is 1. The van der Waals surface area contributed by atoms with Gasteiger partial charge in [0.15, 0.2) is 0 Å². The van der Waals surface area contributed by atoms with E-state index in [0.717, 1.165) is 37.6 Å². The van der Waals surface area contributed by atoms with Crippen LogP contribution < -0.4 is 15.1 Å². The molecule has 0 saturated carbocycles. The van der Waals surface area contributed by atoms with Crippen LogP contribution in [0.15, 0.2) is 48.5 Å². The molecule has 1 N–H and O–H groups in total. The molecular formula is C23H32N4O. The van der Waals surface area contributed by atoms with Gasteiger partial charge < -0.3 is 20.0 Å².